The number of rotatable bonds is 6. The van der Waals surface area contributed by atoms with Crippen molar-refractivity contribution in [3.05, 3.63) is 24.0 Å². The van der Waals surface area contributed by atoms with E-state index < -0.39 is 0 Å². The molecule has 1 heterocycles. The Hall–Kier alpha value is -1.16. The Balaban J connectivity index is 2.64. The van der Waals surface area contributed by atoms with Crippen molar-refractivity contribution in [2.24, 2.45) is 5.73 Å². The molecule has 1 rings (SSSR count). The Morgan fingerprint density at radius 2 is 2.25 bits per heavy atom. The zero-order chi connectivity index (χ0) is 12.0. The van der Waals surface area contributed by atoms with E-state index in [9.17, 15) is 0 Å². The van der Waals surface area contributed by atoms with Gasteiger partial charge in [-0.3, -0.25) is 4.98 Å². The maximum atomic E-state index is 5.55. The van der Waals surface area contributed by atoms with Crippen molar-refractivity contribution in [3.63, 3.8) is 0 Å². The highest BCUT2D eigenvalue weighted by Crippen LogP contribution is 2.13. The summed E-state index contributed by atoms with van der Waals surface area (Å²) in [5, 5.41) is 0. The summed E-state index contributed by atoms with van der Waals surface area (Å²) in [5.41, 5.74) is 7.36. The molecule has 0 aliphatic heterocycles. The summed E-state index contributed by atoms with van der Waals surface area (Å²) in [6.45, 7) is 3.26. The molecule has 0 spiro atoms. The van der Waals surface area contributed by atoms with Crippen LogP contribution in [0.2, 0.25) is 0 Å². The molecule has 0 fully saturated rings. The lowest BCUT2D eigenvalue weighted by atomic mass is 10.2. The highest BCUT2D eigenvalue weighted by Gasteiger charge is 2.03. The minimum Gasteiger partial charge on any atom is -0.388 e. The molecule has 3 nitrogen and oxygen atoms in total. The van der Waals surface area contributed by atoms with E-state index in [0.29, 0.717) is 10.7 Å². The summed E-state index contributed by atoms with van der Waals surface area (Å²) in [6.07, 6.45) is 5.46. The molecule has 0 aromatic carbocycles. The van der Waals surface area contributed by atoms with Crippen LogP contribution in [0.25, 0.3) is 0 Å². The van der Waals surface area contributed by atoms with E-state index in [1.807, 2.05) is 12.1 Å². The first kappa shape index (κ1) is 12.9. The van der Waals surface area contributed by atoms with Crippen molar-refractivity contribution >= 4 is 22.9 Å². The summed E-state index contributed by atoms with van der Waals surface area (Å²) < 4.78 is 0. The molecule has 0 radical (unpaired) electrons. The molecule has 0 saturated carbocycles. The van der Waals surface area contributed by atoms with Gasteiger partial charge in [0.2, 0.25) is 0 Å². The zero-order valence-electron chi connectivity index (χ0n) is 9.94. The second-order valence-corrected chi connectivity index (χ2v) is 4.33. The third-order valence-electron chi connectivity index (χ3n) is 2.53. The van der Waals surface area contributed by atoms with Crippen molar-refractivity contribution in [2.75, 3.05) is 18.5 Å². The normalized spacial score (nSPS) is 10.1. The standard InChI is InChI=1S/C12H19N3S/c1-3-4-5-8-15(2)10-6-7-14-11(9-10)12(13)16/h6-7,9H,3-5,8H2,1-2H3,(H2,13,16). The molecule has 0 aliphatic rings. The van der Waals surface area contributed by atoms with Crippen LogP contribution in [-0.4, -0.2) is 23.6 Å². The fourth-order valence-electron chi connectivity index (χ4n) is 1.52. The van der Waals surface area contributed by atoms with Gasteiger partial charge in [-0.2, -0.15) is 0 Å². The minimum atomic E-state index is 0.351. The van der Waals surface area contributed by atoms with E-state index in [0.717, 1.165) is 12.2 Å². The van der Waals surface area contributed by atoms with E-state index >= 15 is 0 Å². The third-order valence-corrected chi connectivity index (χ3v) is 2.74. The van der Waals surface area contributed by atoms with Gasteiger partial charge in [0.15, 0.2) is 0 Å². The molecular weight excluding hydrogens is 218 g/mol. The number of nitrogens with zero attached hydrogens (tertiary/aromatic N) is 2. The zero-order valence-corrected chi connectivity index (χ0v) is 10.8. The van der Waals surface area contributed by atoms with E-state index in [1.54, 1.807) is 6.20 Å². The van der Waals surface area contributed by atoms with Gasteiger partial charge in [-0.15, -0.1) is 0 Å². The number of thiocarbonyl (C=S) groups is 1. The predicted octanol–water partition coefficient (Wildman–Crippen LogP) is 2.34. The van der Waals surface area contributed by atoms with Crippen LogP contribution in [0.3, 0.4) is 0 Å². The molecule has 4 heteroatoms. The molecule has 1 aromatic rings. The first-order valence-electron chi connectivity index (χ1n) is 5.62. The minimum absolute atomic E-state index is 0.351. The number of aromatic nitrogens is 1. The second-order valence-electron chi connectivity index (χ2n) is 3.89. The Bertz CT molecular complexity index is 352. The maximum absolute atomic E-state index is 5.55. The molecule has 0 amide bonds. The van der Waals surface area contributed by atoms with Crippen LogP contribution in [0.15, 0.2) is 18.3 Å². The Morgan fingerprint density at radius 1 is 1.50 bits per heavy atom. The summed E-state index contributed by atoms with van der Waals surface area (Å²) in [7, 11) is 2.08. The molecule has 0 bridgehead atoms. The van der Waals surface area contributed by atoms with Crippen LogP contribution in [-0.2, 0) is 0 Å². The third kappa shape index (κ3) is 3.77. The molecular formula is C12H19N3S. The largest absolute Gasteiger partial charge is 0.388 e. The van der Waals surface area contributed by atoms with Gasteiger partial charge in [-0.25, -0.2) is 0 Å². The Morgan fingerprint density at radius 3 is 2.88 bits per heavy atom. The number of anilines is 1. The van der Waals surface area contributed by atoms with Crippen molar-refractivity contribution < 1.29 is 0 Å². The monoisotopic (exact) mass is 237 g/mol. The van der Waals surface area contributed by atoms with Crippen LogP contribution in [0, 0.1) is 0 Å². The highest BCUT2D eigenvalue weighted by molar-refractivity contribution is 7.80. The fraction of sp³-hybridized carbons (Fsp3) is 0.500. The van der Waals surface area contributed by atoms with E-state index in [-0.39, 0.29) is 0 Å². The van der Waals surface area contributed by atoms with E-state index in [2.05, 4.69) is 23.9 Å². The number of hydrogen-bond acceptors (Lipinski definition) is 3. The maximum Gasteiger partial charge on any atom is 0.122 e. The Labute approximate surface area is 103 Å². The smallest absolute Gasteiger partial charge is 0.122 e. The summed E-state index contributed by atoms with van der Waals surface area (Å²) in [4.78, 5) is 6.68. The van der Waals surface area contributed by atoms with Gasteiger partial charge in [-0.1, -0.05) is 32.0 Å². The quantitative estimate of drug-likeness (QED) is 0.609. The van der Waals surface area contributed by atoms with Gasteiger partial charge < -0.3 is 10.6 Å². The first-order chi connectivity index (χ1) is 7.65. The predicted molar refractivity (Wildman–Crippen MR) is 72.9 cm³/mol. The van der Waals surface area contributed by atoms with Crippen LogP contribution in [0.4, 0.5) is 5.69 Å². The number of pyridine rings is 1. The van der Waals surface area contributed by atoms with Gasteiger partial charge in [0.25, 0.3) is 0 Å². The summed E-state index contributed by atoms with van der Waals surface area (Å²) in [6, 6.07) is 3.92. The van der Waals surface area contributed by atoms with E-state index in [1.165, 1.54) is 19.3 Å². The number of hydrogen-bond donors (Lipinski definition) is 1. The molecule has 88 valence electrons. The lowest BCUT2D eigenvalue weighted by Gasteiger charge is -2.19. The van der Waals surface area contributed by atoms with Crippen LogP contribution in [0.5, 0.6) is 0 Å². The molecule has 0 saturated heterocycles. The average molecular weight is 237 g/mol. The highest BCUT2D eigenvalue weighted by atomic mass is 32.1. The molecule has 1 aromatic heterocycles. The van der Waals surface area contributed by atoms with Crippen LogP contribution in [0.1, 0.15) is 31.9 Å². The lowest BCUT2D eigenvalue weighted by Crippen LogP contribution is -2.20. The Kier molecular flexibility index (Phi) is 5.19. The molecule has 0 unspecified atom stereocenters. The average Bonchev–Trinajstić information content (AvgIpc) is 2.29. The van der Waals surface area contributed by atoms with Crippen molar-refractivity contribution in [2.45, 2.75) is 26.2 Å². The van der Waals surface area contributed by atoms with Gasteiger partial charge in [0.1, 0.15) is 4.99 Å². The summed E-state index contributed by atoms with van der Waals surface area (Å²) >= 11 is 4.91. The number of nitrogens with two attached hydrogens (primary N) is 1. The molecule has 0 aliphatic carbocycles. The molecule has 16 heavy (non-hydrogen) atoms. The molecule has 0 atom stereocenters. The first-order valence-corrected chi connectivity index (χ1v) is 6.03. The summed E-state index contributed by atoms with van der Waals surface area (Å²) in [5.74, 6) is 0. The SMILES string of the molecule is CCCCCN(C)c1ccnc(C(N)=S)c1. The second kappa shape index (κ2) is 6.43. The van der Waals surface area contributed by atoms with Crippen molar-refractivity contribution in [3.8, 4) is 0 Å². The van der Waals surface area contributed by atoms with Gasteiger partial charge in [0, 0.05) is 25.5 Å². The van der Waals surface area contributed by atoms with E-state index in [4.69, 9.17) is 18.0 Å². The van der Waals surface area contributed by atoms with Gasteiger partial charge in [-0.05, 0) is 18.6 Å². The fourth-order valence-corrected chi connectivity index (χ4v) is 1.63. The number of unbranched alkanes of at least 4 members (excludes halogenated alkanes) is 2. The molecule has 2 N–H and O–H groups in total. The topological polar surface area (TPSA) is 42.2 Å². The van der Waals surface area contributed by atoms with Crippen LogP contribution < -0.4 is 10.6 Å². The van der Waals surface area contributed by atoms with Gasteiger partial charge in [0.05, 0.1) is 5.69 Å². The van der Waals surface area contributed by atoms with Crippen LogP contribution >= 0.6 is 12.2 Å². The van der Waals surface area contributed by atoms with Crippen molar-refractivity contribution in [1.29, 1.82) is 0 Å². The lowest BCUT2D eigenvalue weighted by molar-refractivity contribution is 0.705. The van der Waals surface area contributed by atoms with Crippen molar-refractivity contribution in [1.82, 2.24) is 4.98 Å². The van der Waals surface area contributed by atoms with Gasteiger partial charge >= 0.3 is 0 Å².